The van der Waals surface area contributed by atoms with Crippen LogP contribution in [-0.4, -0.2) is 75.0 Å². The summed E-state index contributed by atoms with van der Waals surface area (Å²) in [6.07, 6.45) is 15.5. The summed E-state index contributed by atoms with van der Waals surface area (Å²) in [6.45, 7) is 12.3. The number of rotatable bonds is 21. The van der Waals surface area contributed by atoms with Gasteiger partial charge in [-0.1, -0.05) is 221 Å². The number of fused-ring (bicyclic) bond motifs is 4. The number of oxime groups is 4. The number of nitrogens with zero attached hydrogens (tertiary/aromatic N) is 10. The van der Waals surface area contributed by atoms with Gasteiger partial charge in [0.1, 0.15) is 11.6 Å². The van der Waals surface area contributed by atoms with Crippen LogP contribution in [0.4, 0.5) is 0 Å². The van der Waals surface area contributed by atoms with Gasteiger partial charge >= 0.3 is 23.9 Å². The van der Waals surface area contributed by atoms with E-state index in [-0.39, 0.29) is 0 Å². The molecule has 0 spiro atoms. The van der Waals surface area contributed by atoms with Crippen LogP contribution in [0.2, 0.25) is 0 Å². The van der Waals surface area contributed by atoms with E-state index in [0.717, 1.165) is 127 Å². The summed E-state index contributed by atoms with van der Waals surface area (Å²) < 4.78 is 13.8. The number of thiophene rings is 1. The molecule has 0 bridgehead atoms. The molecule has 8 aromatic heterocycles. The molecule has 0 fully saturated rings. The fraction of sp³-hybridized carbons (Fsp3) is 0.111. The number of benzene rings is 9. The van der Waals surface area contributed by atoms with Crippen molar-refractivity contribution < 1.29 is 42.9 Å². The average molecular weight is 1590 g/mol. The first-order valence-electron chi connectivity index (χ1n) is 38.7. The molecule has 17 aromatic rings. The van der Waals surface area contributed by atoms with Crippen molar-refractivity contribution in [2.75, 3.05) is 0 Å². The summed E-state index contributed by atoms with van der Waals surface area (Å²) in [7, 11) is 0. The number of hydrogen-bond acceptors (Lipinski definition) is 16. The Labute approximate surface area is 692 Å². The summed E-state index contributed by atoms with van der Waals surface area (Å²) in [4.78, 5) is 76.5. The second-order valence-electron chi connectivity index (χ2n) is 28.1. The van der Waals surface area contributed by atoms with Crippen molar-refractivity contribution in [3.63, 3.8) is 0 Å². The molecule has 19 nitrogen and oxygen atoms in total. The van der Waals surface area contributed by atoms with E-state index in [2.05, 4.69) is 153 Å². The van der Waals surface area contributed by atoms with E-state index in [0.29, 0.717) is 54.3 Å². The second-order valence-corrected chi connectivity index (χ2v) is 29.0. The Hall–Kier alpha value is -15.0. The van der Waals surface area contributed by atoms with Crippen LogP contribution in [0, 0.1) is 27.7 Å². The predicted molar refractivity (Wildman–Crippen MR) is 472 cm³/mol. The third-order valence-electron chi connectivity index (χ3n) is 19.9. The van der Waals surface area contributed by atoms with Gasteiger partial charge in [-0.3, -0.25) is 4.57 Å². The van der Waals surface area contributed by atoms with Crippen LogP contribution >= 0.6 is 11.3 Å². The fourth-order valence-electron chi connectivity index (χ4n) is 13.9. The van der Waals surface area contributed by atoms with Crippen molar-refractivity contribution in [3.05, 3.63) is 406 Å². The van der Waals surface area contributed by atoms with Crippen molar-refractivity contribution in [3.8, 4) is 22.5 Å². The highest BCUT2D eigenvalue weighted by Crippen LogP contribution is 2.33. The number of hydrogen-bond donors (Lipinski definition) is 0. The Morgan fingerprint density at radius 3 is 1.01 bits per heavy atom. The van der Waals surface area contributed by atoms with E-state index in [1.807, 2.05) is 214 Å². The van der Waals surface area contributed by atoms with Crippen LogP contribution in [0.3, 0.4) is 0 Å². The third-order valence-corrected chi connectivity index (χ3v) is 20.8. The lowest BCUT2D eigenvalue weighted by Crippen LogP contribution is -2.10. The van der Waals surface area contributed by atoms with Crippen molar-refractivity contribution in [1.82, 2.24) is 28.2 Å². The van der Waals surface area contributed by atoms with Crippen LogP contribution in [0.25, 0.3) is 66.1 Å². The summed E-state index contributed by atoms with van der Waals surface area (Å²) in [5.41, 5.74) is 20.2. The van der Waals surface area contributed by atoms with Gasteiger partial charge in [0.25, 0.3) is 0 Å². The Kier molecular flexibility index (Phi) is 26.0. The van der Waals surface area contributed by atoms with Crippen LogP contribution < -0.4 is 0 Å². The minimum absolute atomic E-state index is 0.427. The Balaban J connectivity index is 0.000000131. The molecule has 17 rings (SSSR count). The molecule has 0 atom stereocenters. The molecule has 0 aliphatic rings. The summed E-state index contributed by atoms with van der Waals surface area (Å²) in [5.74, 6) is 0.530. The standard InChI is InChI=1S/C29H23N3O2.C24H21N3O2.C23H20N2O3.C23H20N2O2S/c1-21-11-5-6-14-23(21)19-26(31-34-29(33)22-12-3-2-4-13-22)25-20-32(28-17-9-10-18-30-28)27-16-8-7-15-24(25)27;1-17-9-3-4-10-19(17)15-22(26-29-18(2)28)21-16-27(24-13-7-8-14-25-24)23-12-6-5-11-20(21)23;1-16-8-3-4-9-18(16)14-21(24-28-17(2)26)20-15-25(23-12-7-13-27-23)22-11-6-5-10-19(20)22;1-16-8-3-4-9-18(16)14-21(24-27-17(2)26)20-15-25(23-12-7-13-28-23)22-11-6-5-10-19(20)22/h2-18,20H,19H2,1H3;3-14,16H,15H2,1-2H3;2*3-13,15H,14H2,1-2H3/b31-26+;26-22+;2*24-21+. The lowest BCUT2D eigenvalue weighted by Gasteiger charge is -2.08. The van der Waals surface area contributed by atoms with Crippen LogP contribution in [0.15, 0.2) is 359 Å². The quantitative estimate of drug-likeness (QED) is 0.0375. The smallest absolute Gasteiger partial charge is 0.365 e. The number of aryl methyl sites for hydroxylation is 4. The van der Waals surface area contributed by atoms with Gasteiger partial charge in [-0.25, -0.2) is 29.1 Å². The molecule has 590 valence electrons. The van der Waals surface area contributed by atoms with Gasteiger partial charge in [-0.05, 0) is 156 Å². The molecule has 8 heterocycles. The topological polar surface area (TPSA) is 213 Å². The second kappa shape index (κ2) is 38.4. The minimum Gasteiger partial charge on any atom is -0.448 e. The molecule has 0 radical (unpaired) electrons. The summed E-state index contributed by atoms with van der Waals surface area (Å²) in [5, 5.41) is 24.4. The first-order chi connectivity index (χ1) is 58.1. The number of pyridine rings is 2. The highest BCUT2D eigenvalue weighted by molar-refractivity contribution is 7.12. The zero-order chi connectivity index (χ0) is 82.6. The molecule has 0 amide bonds. The van der Waals surface area contributed by atoms with E-state index in [4.69, 9.17) is 23.8 Å². The van der Waals surface area contributed by atoms with E-state index in [1.54, 1.807) is 54.3 Å². The van der Waals surface area contributed by atoms with Crippen molar-refractivity contribution in [1.29, 1.82) is 0 Å². The van der Waals surface area contributed by atoms with Crippen LogP contribution in [0.5, 0.6) is 0 Å². The minimum atomic E-state index is -0.489. The highest BCUT2D eigenvalue weighted by atomic mass is 32.1. The Morgan fingerprint density at radius 1 is 0.336 bits per heavy atom. The van der Waals surface area contributed by atoms with Crippen molar-refractivity contribution >= 4 is 102 Å². The first kappa shape index (κ1) is 80.6. The number of aromatic nitrogens is 6. The average Bonchev–Trinajstić information content (AvgIpc) is 1.65. The van der Waals surface area contributed by atoms with Crippen LogP contribution in [0.1, 0.15) is 97.9 Å². The largest absolute Gasteiger partial charge is 0.448 e. The maximum absolute atomic E-state index is 12.6. The summed E-state index contributed by atoms with van der Waals surface area (Å²) in [6, 6.07) is 93.4. The molecule has 0 saturated carbocycles. The molecule has 0 saturated heterocycles. The Bertz CT molecular complexity index is 6370. The van der Waals surface area contributed by atoms with Crippen LogP contribution in [-0.2, 0) is 59.4 Å². The molecular formula is C99H84N10O9S. The van der Waals surface area contributed by atoms with Gasteiger partial charge in [0.15, 0.2) is 0 Å². The van der Waals surface area contributed by atoms with E-state index < -0.39 is 23.9 Å². The van der Waals surface area contributed by atoms with Gasteiger partial charge in [-0.2, -0.15) is 0 Å². The molecule has 119 heavy (non-hydrogen) atoms. The van der Waals surface area contributed by atoms with Crippen molar-refractivity contribution in [2.24, 2.45) is 20.6 Å². The maximum Gasteiger partial charge on any atom is 0.365 e. The number of carbonyl (C=O) groups is 4. The molecule has 0 aliphatic carbocycles. The van der Waals surface area contributed by atoms with E-state index >= 15 is 0 Å². The van der Waals surface area contributed by atoms with Crippen molar-refractivity contribution in [2.45, 2.75) is 74.1 Å². The van der Waals surface area contributed by atoms with Gasteiger partial charge in [-0.15, -0.1) is 11.3 Å². The fourth-order valence-corrected chi connectivity index (χ4v) is 14.7. The molecule has 0 N–H and O–H groups in total. The highest BCUT2D eigenvalue weighted by Gasteiger charge is 2.23. The Morgan fingerprint density at radius 2 is 0.664 bits per heavy atom. The zero-order valence-corrected chi connectivity index (χ0v) is 67.5. The number of carbonyl (C=O) groups excluding carboxylic acids is 4. The molecule has 0 unspecified atom stereocenters. The number of furan rings is 1. The molecule has 20 heteroatoms. The lowest BCUT2D eigenvalue weighted by molar-refractivity contribution is -0.141. The SMILES string of the molecule is CC(=O)O/N=C(\Cc1ccccc1C)c1cn(-c2ccccn2)c2ccccc12.CC(=O)O/N=C(\Cc1ccccc1C)c1cn(-c2ccco2)c2ccccc12.CC(=O)O/N=C(\Cc1ccccc1C)c1cn(-c2cccs2)c2ccccc12.Cc1ccccc1C/C(=N\OC(=O)c1ccccc1)c1cn(-c2ccccn2)c2ccccc12. The van der Waals surface area contributed by atoms with E-state index in [9.17, 15) is 19.2 Å². The normalized spacial score (nSPS) is 11.6. The van der Waals surface area contributed by atoms with Gasteiger partial charge in [0.2, 0.25) is 5.88 Å². The van der Waals surface area contributed by atoms with Gasteiger partial charge in [0.05, 0.1) is 61.7 Å². The molecular weight excluding hydrogens is 1510 g/mol. The third kappa shape index (κ3) is 19.7. The van der Waals surface area contributed by atoms with E-state index in [1.165, 1.54) is 26.3 Å². The number of para-hydroxylation sites is 4. The lowest BCUT2D eigenvalue weighted by atomic mass is 9.98. The maximum atomic E-state index is 12.6. The van der Waals surface area contributed by atoms with Gasteiger partial charge in [0, 0.05) is 134 Å². The molecule has 0 aliphatic heterocycles. The summed E-state index contributed by atoms with van der Waals surface area (Å²) >= 11 is 1.68. The molecule has 9 aromatic carbocycles. The monoisotopic (exact) mass is 1590 g/mol. The first-order valence-corrected chi connectivity index (χ1v) is 39.6. The van der Waals surface area contributed by atoms with Gasteiger partial charge < -0.3 is 37.5 Å². The zero-order valence-electron chi connectivity index (χ0n) is 66.6. The predicted octanol–water partition coefficient (Wildman–Crippen LogP) is 21.5.